The van der Waals surface area contributed by atoms with Crippen LogP contribution >= 0.6 is 0 Å². The Morgan fingerprint density at radius 2 is 2.05 bits per heavy atom. The standard InChI is InChI=1S/C16H28N2O/c1-10-9-15(14(5)19-10)13(4)18-8-7-16(17-6)11(2)12(18)3/h9,11-13,16-17H,7-8H2,1-6H3. The van der Waals surface area contributed by atoms with Crippen LogP contribution in [-0.4, -0.2) is 30.6 Å². The van der Waals surface area contributed by atoms with Gasteiger partial charge in [-0.3, -0.25) is 4.90 Å². The van der Waals surface area contributed by atoms with Crippen molar-refractivity contribution in [2.24, 2.45) is 5.92 Å². The molecule has 108 valence electrons. The van der Waals surface area contributed by atoms with E-state index in [1.165, 1.54) is 12.0 Å². The van der Waals surface area contributed by atoms with Gasteiger partial charge in [-0.1, -0.05) is 6.92 Å². The van der Waals surface area contributed by atoms with Gasteiger partial charge in [-0.05, 0) is 53.1 Å². The summed E-state index contributed by atoms with van der Waals surface area (Å²) in [6.45, 7) is 12.3. The molecule has 2 heterocycles. The monoisotopic (exact) mass is 264 g/mol. The Morgan fingerprint density at radius 3 is 2.58 bits per heavy atom. The van der Waals surface area contributed by atoms with E-state index < -0.39 is 0 Å². The van der Waals surface area contributed by atoms with Crippen molar-refractivity contribution in [3.63, 3.8) is 0 Å². The maximum atomic E-state index is 5.69. The fraction of sp³-hybridized carbons (Fsp3) is 0.750. The molecule has 0 bridgehead atoms. The van der Waals surface area contributed by atoms with Crippen molar-refractivity contribution < 1.29 is 4.42 Å². The van der Waals surface area contributed by atoms with Crippen molar-refractivity contribution in [1.29, 1.82) is 0 Å². The van der Waals surface area contributed by atoms with Gasteiger partial charge in [0.15, 0.2) is 0 Å². The highest BCUT2D eigenvalue weighted by molar-refractivity contribution is 5.24. The van der Waals surface area contributed by atoms with E-state index in [2.05, 4.69) is 51.0 Å². The molecule has 0 radical (unpaired) electrons. The first-order valence-corrected chi connectivity index (χ1v) is 7.45. The third-order valence-electron chi connectivity index (χ3n) is 5.01. The molecule has 3 nitrogen and oxygen atoms in total. The Morgan fingerprint density at radius 1 is 1.37 bits per heavy atom. The van der Waals surface area contributed by atoms with Crippen LogP contribution < -0.4 is 5.32 Å². The van der Waals surface area contributed by atoms with Crippen LogP contribution in [0.1, 0.15) is 50.3 Å². The van der Waals surface area contributed by atoms with Crippen molar-refractivity contribution in [1.82, 2.24) is 10.2 Å². The number of rotatable bonds is 3. The normalized spacial score (nSPS) is 30.5. The predicted octanol–water partition coefficient (Wildman–Crippen LogP) is 3.28. The van der Waals surface area contributed by atoms with Crippen LogP contribution in [0.3, 0.4) is 0 Å². The summed E-state index contributed by atoms with van der Waals surface area (Å²) in [6, 6.07) is 3.87. The number of piperidine rings is 1. The molecule has 0 spiro atoms. The summed E-state index contributed by atoms with van der Waals surface area (Å²) in [5.74, 6) is 2.76. The molecule has 0 aromatic carbocycles. The first kappa shape index (κ1) is 14.6. The lowest BCUT2D eigenvalue weighted by Gasteiger charge is -2.45. The van der Waals surface area contributed by atoms with Crippen LogP contribution in [0.25, 0.3) is 0 Å². The molecule has 3 heteroatoms. The maximum Gasteiger partial charge on any atom is 0.105 e. The van der Waals surface area contributed by atoms with Gasteiger partial charge >= 0.3 is 0 Å². The van der Waals surface area contributed by atoms with E-state index >= 15 is 0 Å². The van der Waals surface area contributed by atoms with Gasteiger partial charge in [0, 0.05) is 30.2 Å². The number of aryl methyl sites for hydroxylation is 2. The molecule has 1 N–H and O–H groups in total. The lowest BCUT2D eigenvalue weighted by atomic mass is 9.85. The zero-order chi connectivity index (χ0) is 14.2. The van der Waals surface area contributed by atoms with Gasteiger partial charge in [-0.25, -0.2) is 0 Å². The molecule has 1 saturated heterocycles. The molecule has 1 aliphatic heterocycles. The van der Waals surface area contributed by atoms with Crippen molar-refractivity contribution in [2.45, 2.75) is 59.2 Å². The van der Waals surface area contributed by atoms with E-state index in [-0.39, 0.29) is 0 Å². The molecular formula is C16H28N2O. The van der Waals surface area contributed by atoms with Crippen molar-refractivity contribution >= 4 is 0 Å². The second kappa shape index (κ2) is 5.68. The zero-order valence-corrected chi connectivity index (χ0v) is 13.2. The summed E-state index contributed by atoms with van der Waals surface area (Å²) in [5.41, 5.74) is 1.35. The average Bonchev–Trinajstić information content (AvgIpc) is 2.71. The van der Waals surface area contributed by atoms with E-state index in [4.69, 9.17) is 4.42 Å². The molecule has 0 amide bonds. The topological polar surface area (TPSA) is 28.4 Å². The highest BCUT2D eigenvalue weighted by Gasteiger charge is 2.34. The Balaban J connectivity index is 2.16. The van der Waals surface area contributed by atoms with Crippen molar-refractivity contribution in [2.75, 3.05) is 13.6 Å². The Bertz CT molecular complexity index is 426. The second-order valence-electron chi connectivity index (χ2n) is 6.07. The highest BCUT2D eigenvalue weighted by atomic mass is 16.3. The number of hydrogen-bond acceptors (Lipinski definition) is 3. The molecule has 1 aliphatic rings. The number of furan rings is 1. The van der Waals surface area contributed by atoms with Gasteiger partial charge in [0.1, 0.15) is 11.5 Å². The van der Waals surface area contributed by atoms with Crippen molar-refractivity contribution in [3.05, 3.63) is 23.2 Å². The summed E-state index contributed by atoms with van der Waals surface area (Å²) in [4.78, 5) is 2.62. The van der Waals surface area contributed by atoms with Crippen LogP contribution in [0.5, 0.6) is 0 Å². The minimum atomic E-state index is 0.438. The summed E-state index contributed by atoms with van der Waals surface area (Å²) in [5, 5.41) is 3.45. The largest absolute Gasteiger partial charge is 0.466 e. The smallest absolute Gasteiger partial charge is 0.105 e. The number of nitrogens with one attached hydrogen (secondary N) is 1. The Hall–Kier alpha value is -0.800. The van der Waals surface area contributed by atoms with Gasteiger partial charge < -0.3 is 9.73 Å². The maximum absolute atomic E-state index is 5.69. The summed E-state index contributed by atoms with van der Waals surface area (Å²) >= 11 is 0. The zero-order valence-electron chi connectivity index (χ0n) is 13.2. The molecule has 1 fully saturated rings. The minimum Gasteiger partial charge on any atom is -0.466 e. The molecular weight excluding hydrogens is 236 g/mol. The molecule has 0 aliphatic carbocycles. The van der Waals surface area contributed by atoms with Gasteiger partial charge in [-0.15, -0.1) is 0 Å². The fourth-order valence-corrected chi connectivity index (χ4v) is 3.59. The average molecular weight is 264 g/mol. The quantitative estimate of drug-likeness (QED) is 0.908. The van der Waals surface area contributed by atoms with Crippen LogP contribution in [-0.2, 0) is 0 Å². The Labute approximate surface area is 117 Å². The van der Waals surface area contributed by atoms with Gasteiger partial charge in [0.05, 0.1) is 0 Å². The molecule has 2 rings (SSSR count). The molecule has 4 atom stereocenters. The molecule has 1 aromatic rings. The third-order valence-corrected chi connectivity index (χ3v) is 5.01. The molecule has 1 aromatic heterocycles. The predicted molar refractivity (Wildman–Crippen MR) is 79.4 cm³/mol. The molecule has 0 saturated carbocycles. The lowest BCUT2D eigenvalue weighted by Crippen LogP contribution is -2.53. The van der Waals surface area contributed by atoms with Gasteiger partial charge in [0.2, 0.25) is 0 Å². The Kier molecular flexibility index (Phi) is 4.36. The highest BCUT2D eigenvalue weighted by Crippen LogP contribution is 2.33. The molecule has 19 heavy (non-hydrogen) atoms. The number of hydrogen-bond donors (Lipinski definition) is 1. The van der Waals surface area contributed by atoms with Gasteiger partial charge in [-0.2, -0.15) is 0 Å². The first-order chi connectivity index (χ1) is 8.95. The first-order valence-electron chi connectivity index (χ1n) is 7.45. The van der Waals surface area contributed by atoms with Crippen LogP contribution in [0, 0.1) is 19.8 Å². The van der Waals surface area contributed by atoms with E-state index in [0.717, 1.165) is 18.1 Å². The van der Waals surface area contributed by atoms with Gasteiger partial charge in [0.25, 0.3) is 0 Å². The fourth-order valence-electron chi connectivity index (χ4n) is 3.59. The lowest BCUT2D eigenvalue weighted by molar-refractivity contribution is 0.0540. The van der Waals surface area contributed by atoms with E-state index in [9.17, 15) is 0 Å². The van der Waals surface area contributed by atoms with Crippen molar-refractivity contribution in [3.8, 4) is 0 Å². The molecule has 4 unspecified atom stereocenters. The van der Waals surface area contributed by atoms with Crippen LogP contribution in [0.2, 0.25) is 0 Å². The third kappa shape index (κ3) is 2.72. The van der Waals surface area contributed by atoms with E-state index in [1.54, 1.807) is 0 Å². The summed E-state index contributed by atoms with van der Waals surface area (Å²) in [6.07, 6.45) is 1.22. The SMILES string of the molecule is CNC1CCN(C(C)c2cc(C)oc2C)C(C)C1C. The van der Waals surface area contributed by atoms with Crippen LogP contribution in [0.15, 0.2) is 10.5 Å². The van der Waals surface area contributed by atoms with E-state index in [1.807, 2.05) is 6.92 Å². The number of likely N-dealkylation sites (tertiary alicyclic amines) is 1. The minimum absolute atomic E-state index is 0.438. The van der Waals surface area contributed by atoms with E-state index in [0.29, 0.717) is 24.0 Å². The second-order valence-corrected chi connectivity index (χ2v) is 6.07. The van der Waals surface area contributed by atoms with Crippen LogP contribution in [0.4, 0.5) is 0 Å². The summed E-state index contributed by atoms with van der Waals surface area (Å²) in [7, 11) is 2.08. The summed E-state index contributed by atoms with van der Waals surface area (Å²) < 4.78 is 5.69. The number of nitrogens with zero attached hydrogens (tertiary/aromatic N) is 1.